The van der Waals surface area contributed by atoms with Crippen molar-refractivity contribution in [2.45, 2.75) is 19.3 Å². The van der Waals surface area contributed by atoms with E-state index >= 15 is 0 Å². The highest BCUT2D eigenvalue weighted by molar-refractivity contribution is 5.77. The molecule has 0 atom stereocenters. The molecule has 3 aromatic heterocycles. The van der Waals surface area contributed by atoms with Crippen LogP contribution in [0, 0.1) is 0 Å². The van der Waals surface area contributed by atoms with Crippen LogP contribution in [0.2, 0.25) is 0 Å². The van der Waals surface area contributed by atoms with Crippen LogP contribution in [0.3, 0.4) is 0 Å². The van der Waals surface area contributed by atoms with Gasteiger partial charge in [-0.05, 0) is 44.1 Å². The van der Waals surface area contributed by atoms with Crippen LogP contribution in [0.1, 0.15) is 19.3 Å². The first kappa shape index (κ1) is 14.5. The van der Waals surface area contributed by atoms with Gasteiger partial charge in [-0.2, -0.15) is 0 Å². The predicted molar refractivity (Wildman–Crippen MR) is 88.3 cm³/mol. The molecule has 4 N–H and O–H groups in total. The molecular formula is C16H20N6. The lowest BCUT2D eigenvalue weighted by Crippen LogP contribution is -2.21. The standard InChI is InChI=1S/C11H9N5.C5H11N/c12-10-7(2-1-4-13-10)9-6-15-11-8(16-9)3-5-14-11;1-2-4-6-5-3-1/h1-6H,(H2,12,13)(H,14,15);6H,1-5H2. The Morgan fingerprint density at radius 3 is 2.59 bits per heavy atom. The SMILES string of the molecule is C1CCNCC1.Nc1ncccc1-c1cnc2[nH]ccc2n1. The highest BCUT2D eigenvalue weighted by atomic mass is 14.9. The number of aromatic amines is 1. The largest absolute Gasteiger partial charge is 0.383 e. The Bertz CT molecular complexity index is 721. The minimum Gasteiger partial charge on any atom is -0.383 e. The lowest BCUT2D eigenvalue weighted by molar-refractivity contribution is 0.520. The van der Waals surface area contributed by atoms with Gasteiger partial charge in [0.15, 0.2) is 5.65 Å². The predicted octanol–water partition coefficient (Wildman–Crippen LogP) is 2.36. The van der Waals surface area contributed by atoms with Gasteiger partial charge in [0.05, 0.1) is 11.9 Å². The number of nitrogens with two attached hydrogens (primary N) is 1. The molecule has 0 saturated carbocycles. The average Bonchev–Trinajstić information content (AvgIpc) is 3.05. The van der Waals surface area contributed by atoms with Crippen molar-refractivity contribution in [1.29, 1.82) is 0 Å². The summed E-state index contributed by atoms with van der Waals surface area (Å²) in [5.41, 5.74) is 8.91. The van der Waals surface area contributed by atoms with Crippen molar-refractivity contribution in [3.05, 3.63) is 36.8 Å². The molecule has 1 aliphatic heterocycles. The van der Waals surface area contributed by atoms with E-state index in [-0.39, 0.29) is 0 Å². The lowest BCUT2D eigenvalue weighted by Gasteiger charge is -2.08. The minimum absolute atomic E-state index is 0.465. The number of aromatic nitrogens is 4. The van der Waals surface area contributed by atoms with Crippen LogP contribution in [-0.2, 0) is 0 Å². The second-order valence-electron chi connectivity index (χ2n) is 5.21. The van der Waals surface area contributed by atoms with Crippen LogP contribution in [0.25, 0.3) is 22.4 Å². The molecule has 1 aliphatic rings. The number of hydrogen-bond acceptors (Lipinski definition) is 5. The summed E-state index contributed by atoms with van der Waals surface area (Å²) in [4.78, 5) is 15.7. The van der Waals surface area contributed by atoms with Crippen LogP contribution >= 0.6 is 0 Å². The van der Waals surface area contributed by atoms with E-state index in [1.807, 2.05) is 18.2 Å². The average molecular weight is 296 g/mol. The third-order valence-electron chi connectivity index (χ3n) is 3.58. The Kier molecular flexibility index (Phi) is 4.60. The normalized spacial score (nSPS) is 14.4. The maximum absolute atomic E-state index is 5.79. The van der Waals surface area contributed by atoms with Gasteiger partial charge < -0.3 is 16.0 Å². The summed E-state index contributed by atoms with van der Waals surface area (Å²) >= 11 is 0. The molecule has 0 aliphatic carbocycles. The van der Waals surface area contributed by atoms with Crippen molar-refractivity contribution >= 4 is 17.0 Å². The molecule has 22 heavy (non-hydrogen) atoms. The van der Waals surface area contributed by atoms with Gasteiger partial charge in [-0.15, -0.1) is 0 Å². The number of pyridine rings is 1. The summed E-state index contributed by atoms with van der Waals surface area (Å²) in [6, 6.07) is 5.58. The van der Waals surface area contributed by atoms with E-state index in [4.69, 9.17) is 5.73 Å². The number of anilines is 1. The van der Waals surface area contributed by atoms with Crippen LogP contribution in [0.5, 0.6) is 0 Å². The Morgan fingerprint density at radius 2 is 1.91 bits per heavy atom. The summed E-state index contributed by atoms with van der Waals surface area (Å²) in [5.74, 6) is 0.465. The molecule has 0 amide bonds. The molecule has 0 aromatic carbocycles. The Balaban J connectivity index is 0.000000202. The first-order chi connectivity index (χ1) is 10.8. The zero-order chi connectivity index (χ0) is 15.2. The van der Waals surface area contributed by atoms with Crippen molar-refractivity contribution < 1.29 is 0 Å². The van der Waals surface area contributed by atoms with Crippen LogP contribution in [0.4, 0.5) is 5.82 Å². The molecule has 6 heteroatoms. The van der Waals surface area contributed by atoms with E-state index in [9.17, 15) is 0 Å². The smallest absolute Gasteiger partial charge is 0.156 e. The van der Waals surface area contributed by atoms with Crippen LogP contribution < -0.4 is 11.1 Å². The molecule has 1 saturated heterocycles. The van der Waals surface area contributed by atoms with Crippen molar-refractivity contribution in [3.63, 3.8) is 0 Å². The lowest BCUT2D eigenvalue weighted by atomic mass is 10.2. The van der Waals surface area contributed by atoms with Gasteiger partial charge in [-0.25, -0.2) is 15.0 Å². The molecule has 3 aromatic rings. The third-order valence-corrected chi connectivity index (χ3v) is 3.58. The quantitative estimate of drug-likeness (QED) is 0.641. The van der Waals surface area contributed by atoms with E-state index in [2.05, 4.69) is 25.3 Å². The van der Waals surface area contributed by atoms with Gasteiger partial charge in [0, 0.05) is 18.0 Å². The molecule has 1 fully saturated rings. The number of nitrogens with zero attached hydrogens (tertiary/aromatic N) is 3. The number of nitrogen functional groups attached to an aromatic ring is 1. The van der Waals surface area contributed by atoms with Gasteiger partial charge in [0.1, 0.15) is 11.3 Å². The van der Waals surface area contributed by atoms with Gasteiger partial charge in [-0.3, -0.25) is 0 Å². The number of rotatable bonds is 1. The Labute approximate surface area is 129 Å². The Morgan fingerprint density at radius 1 is 1.05 bits per heavy atom. The van der Waals surface area contributed by atoms with Gasteiger partial charge in [0.2, 0.25) is 0 Å². The first-order valence-electron chi connectivity index (χ1n) is 7.56. The number of nitrogens with one attached hydrogen (secondary N) is 2. The summed E-state index contributed by atoms with van der Waals surface area (Å²) in [5, 5.41) is 3.28. The molecule has 4 heterocycles. The Hall–Kier alpha value is -2.47. The zero-order valence-corrected chi connectivity index (χ0v) is 12.4. The third kappa shape index (κ3) is 3.40. The number of piperidine rings is 1. The van der Waals surface area contributed by atoms with Crippen molar-refractivity contribution in [1.82, 2.24) is 25.3 Å². The second kappa shape index (κ2) is 7.00. The number of H-pyrrole nitrogens is 1. The maximum Gasteiger partial charge on any atom is 0.156 e. The molecule has 114 valence electrons. The fraction of sp³-hybridized carbons (Fsp3) is 0.312. The molecule has 0 bridgehead atoms. The second-order valence-corrected chi connectivity index (χ2v) is 5.21. The summed E-state index contributed by atoms with van der Waals surface area (Å²) in [6.07, 6.45) is 9.36. The van der Waals surface area contributed by atoms with Gasteiger partial charge in [-0.1, -0.05) is 6.42 Å². The highest BCUT2D eigenvalue weighted by Gasteiger charge is 2.06. The van der Waals surface area contributed by atoms with Gasteiger partial charge in [0.25, 0.3) is 0 Å². The first-order valence-corrected chi connectivity index (χ1v) is 7.56. The van der Waals surface area contributed by atoms with E-state index in [1.165, 1.54) is 32.4 Å². The fourth-order valence-corrected chi connectivity index (χ4v) is 2.40. The molecule has 0 radical (unpaired) electrons. The van der Waals surface area contributed by atoms with Crippen LogP contribution in [-0.4, -0.2) is 33.0 Å². The van der Waals surface area contributed by atoms with Crippen LogP contribution in [0.15, 0.2) is 36.8 Å². The van der Waals surface area contributed by atoms with Crippen molar-refractivity contribution in [2.24, 2.45) is 0 Å². The molecule has 6 nitrogen and oxygen atoms in total. The summed E-state index contributed by atoms with van der Waals surface area (Å²) in [7, 11) is 0. The summed E-state index contributed by atoms with van der Waals surface area (Å²) < 4.78 is 0. The van der Waals surface area contributed by atoms with Gasteiger partial charge >= 0.3 is 0 Å². The minimum atomic E-state index is 0.465. The molecule has 0 unspecified atom stereocenters. The number of hydrogen-bond donors (Lipinski definition) is 3. The monoisotopic (exact) mass is 296 g/mol. The molecular weight excluding hydrogens is 276 g/mol. The maximum atomic E-state index is 5.79. The van der Waals surface area contributed by atoms with E-state index in [0.29, 0.717) is 5.82 Å². The fourth-order valence-electron chi connectivity index (χ4n) is 2.40. The molecule has 4 rings (SSSR count). The molecule has 0 spiro atoms. The van der Waals surface area contributed by atoms with E-state index in [1.54, 1.807) is 18.6 Å². The number of fused-ring (bicyclic) bond motifs is 1. The van der Waals surface area contributed by atoms with Crippen molar-refractivity contribution in [2.75, 3.05) is 18.8 Å². The topological polar surface area (TPSA) is 92.5 Å². The van der Waals surface area contributed by atoms with E-state index in [0.717, 1.165) is 22.4 Å². The summed E-state index contributed by atoms with van der Waals surface area (Å²) in [6.45, 7) is 2.50. The zero-order valence-electron chi connectivity index (χ0n) is 12.4. The highest BCUT2D eigenvalue weighted by Crippen LogP contribution is 2.22. The van der Waals surface area contributed by atoms with Crippen molar-refractivity contribution in [3.8, 4) is 11.3 Å². The van der Waals surface area contributed by atoms with E-state index < -0.39 is 0 Å².